The van der Waals surface area contributed by atoms with Gasteiger partial charge in [-0.05, 0) is 49.3 Å². The maximum absolute atomic E-state index is 12.9. The van der Waals surface area contributed by atoms with Crippen LogP contribution < -0.4 is 25.0 Å². The number of ether oxygens (including phenoxy) is 2. The summed E-state index contributed by atoms with van der Waals surface area (Å²) in [6, 6.07) is 11.9. The van der Waals surface area contributed by atoms with E-state index in [1.165, 1.54) is 0 Å². The standard InChI is InChI=1S/C28H32N8O4S2/c37-24(7-2-1-5-22-25-19(15-42-22)30-27(38)31-25)35-12-10-34(11-13-35)23-6-3-4-18(29-23)26-32-33-28(41)36(26)17-8-9-20-21(14-17)40-16-39-20/h3-4,6,8-9,14,19,22,25H,1-2,5,7,10-13,15-16H2,(H,33,41)(H2,30,31,38)/t19-,22-,25-/m1/s1. The summed E-state index contributed by atoms with van der Waals surface area (Å²) in [6.07, 6.45) is 3.45. The van der Waals surface area contributed by atoms with Gasteiger partial charge < -0.3 is 29.9 Å². The van der Waals surface area contributed by atoms with Crippen LogP contribution in [0.1, 0.15) is 25.7 Å². The van der Waals surface area contributed by atoms with Gasteiger partial charge in [-0.1, -0.05) is 12.5 Å². The number of benzene rings is 1. The van der Waals surface area contributed by atoms with Crippen molar-refractivity contribution in [2.24, 2.45) is 0 Å². The number of anilines is 1. The Morgan fingerprint density at radius 3 is 2.81 bits per heavy atom. The van der Waals surface area contributed by atoms with E-state index in [9.17, 15) is 9.59 Å². The molecule has 0 saturated carbocycles. The van der Waals surface area contributed by atoms with Crippen LogP contribution in [0.2, 0.25) is 0 Å². The lowest BCUT2D eigenvalue weighted by molar-refractivity contribution is -0.131. The van der Waals surface area contributed by atoms with Gasteiger partial charge in [0.25, 0.3) is 0 Å². The molecule has 3 atom stereocenters. The van der Waals surface area contributed by atoms with Crippen LogP contribution in [0.25, 0.3) is 17.2 Å². The summed E-state index contributed by atoms with van der Waals surface area (Å²) in [7, 11) is 0. The SMILES string of the molecule is O=C1N[C@@H]2[C@@H](CS[C@@H]2CCCCC(=O)N2CCN(c3cccc(-c4n[nH]c(=S)n4-c4ccc5c(c4)OCO5)n3)CC2)N1. The molecule has 14 heteroatoms. The Hall–Kier alpha value is -3.78. The molecule has 3 amide bonds. The van der Waals surface area contributed by atoms with E-state index in [0.717, 1.165) is 36.5 Å². The number of piperazine rings is 1. The van der Waals surface area contributed by atoms with Gasteiger partial charge in [0.05, 0.1) is 17.8 Å². The Bertz CT molecular complexity index is 1550. The van der Waals surface area contributed by atoms with Gasteiger partial charge in [-0.15, -0.1) is 0 Å². The van der Waals surface area contributed by atoms with Crippen LogP contribution in [-0.2, 0) is 4.79 Å². The summed E-state index contributed by atoms with van der Waals surface area (Å²) < 4.78 is 13.3. The third-order valence-electron chi connectivity index (χ3n) is 8.27. The summed E-state index contributed by atoms with van der Waals surface area (Å²) in [4.78, 5) is 33.6. The summed E-state index contributed by atoms with van der Waals surface area (Å²) in [5, 5.41) is 13.8. The molecule has 2 aromatic heterocycles. The fourth-order valence-corrected chi connectivity index (χ4v) is 7.85. The van der Waals surface area contributed by atoms with E-state index in [-0.39, 0.29) is 30.8 Å². The molecule has 0 unspecified atom stereocenters. The highest BCUT2D eigenvalue weighted by Gasteiger charge is 2.42. The molecule has 6 heterocycles. The lowest BCUT2D eigenvalue weighted by atomic mass is 10.0. The number of rotatable bonds is 8. The first-order valence-electron chi connectivity index (χ1n) is 14.3. The number of urea groups is 1. The number of aromatic amines is 1. The first kappa shape index (κ1) is 27.1. The number of carbonyl (C=O) groups is 2. The van der Waals surface area contributed by atoms with Gasteiger partial charge in [0.2, 0.25) is 12.7 Å². The molecule has 4 aliphatic rings. The monoisotopic (exact) mass is 608 g/mol. The van der Waals surface area contributed by atoms with Crippen molar-refractivity contribution in [1.82, 2.24) is 35.3 Å². The number of pyridine rings is 1. The minimum Gasteiger partial charge on any atom is -0.454 e. The summed E-state index contributed by atoms with van der Waals surface area (Å²) in [6.45, 7) is 2.96. The Morgan fingerprint density at radius 1 is 1.07 bits per heavy atom. The lowest BCUT2D eigenvalue weighted by Gasteiger charge is -2.35. The van der Waals surface area contributed by atoms with Crippen molar-refractivity contribution in [1.29, 1.82) is 0 Å². The van der Waals surface area contributed by atoms with Gasteiger partial charge in [-0.3, -0.25) is 14.5 Å². The summed E-state index contributed by atoms with van der Waals surface area (Å²) in [5.41, 5.74) is 1.50. The molecule has 7 rings (SSSR count). The number of nitrogens with one attached hydrogen (secondary N) is 3. The van der Waals surface area contributed by atoms with Crippen LogP contribution in [0.15, 0.2) is 36.4 Å². The predicted molar refractivity (Wildman–Crippen MR) is 161 cm³/mol. The number of unbranched alkanes of at least 4 members (excludes halogenated alkanes) is 1. The average molecular weight is 609 g/mol. The van der Waals surface area contributed by atoms with Crippen molar-refractivity contribution in [3.05, 3.63) is 41.2 Å². The molecule has 42 heavy (non-hydrogen) atoms. The van der Waals surface area contributed by atoms with Crippen molar-refractivity contribution in [2.45, 2.75) is 43.0 Å². The third kappa shape index (κ3) is 5.28. The molecule has 0 aliphatic carbocycles. The molecule has 1 aromatic carbocycles. The maximum Gasteiger partial charge on any atom is 0.315 e. The van der Waals surface area contributed by atoms with Crippen molar-refractivity contribution in [3.63, 3.8) is 0 Å². The Balaban J connectivity index is 0.937. The second kappa shape index (κ2) is 11.5. The van der Waals surface area contributed by atoms with Crippen LogP contribution in [0, 0.1) is 4.77 Å². The Morgan fingerprint density at radius 2 is 1.93 bits per heavy atom. The number of amides is 3. The number of thioether (sulfide) groups is 1. The van der Waals surface area contributed by atoms with Crippen LogP contribution >= 0.6 is 24.0 Å². The number of hydrogen-bond donors (Lipinski definition) is 3. The smallest absolute Gasteiger partial charge is 0.315 e. The van der Waals surface area contributed by atoms with Gasteiger partial charge in [0, 0.05) is 49.7 Å². The second-order valence-electron chi connectivity index (χ2n) is 10.8. The van der Waals surface area contributed by atoms with Gasteiger partial charge >= 0.3 is 6.03 Å². The molecule has 220 valence electrons. The lowest BCUT2D eigenvalue weighted by Crippen LogP contribution is -2.49. The van der Waals surface area contributed by atoms with Crippen molar-refractivity contribution in [3.8, 4) is 28.7 Å². The van der Waals surface area contributed by atoms with Gasteiger partial charge in [-0.25, -0.2) is 9.78 Å². The van der Waals surface area contributed by atoms with E-state index < -0.39 is 0 Å². The first-order chi connectivity index (χ1) is 20.5. The molecular formula is C28H32N8O4S2. The van der Waals surface area contributed by atoms with E-state index in [1.807, 2.05) is 57.6 Å². The highest BCUT2D eigenvalue weighted by atomic mass is 32.2. The Kier molecular flexibility index (Phi) is 7.40. The fraction of sp³-hybridized carbons (Fsp3) is 0.464. The molecular weight excluding hydrogens is 576 g/mol. The van der Waals surface area contributed by atoms with Gasteiger partial charge in [-0.2, -0.15) is 16.9 Å². The molecule has 0 radical (unpaired) electrons. The highest BCUT2D eigenvalue weighted by Crippen LogP contribution is 2.35. The number of fused-ring (bicyclic) bond motifs is 2. The average Bonchev–Trinajstić information content (AvgIpc) is 3.80. The van der Waals surface area contributed by atoms with Crippen LogP contribution in [0.3, 0.4) is 0 Å². The van der Waals surface area contributed by atoms with E-state index in [0.29, 0.717) is 65.6 Å². The van der Waals surface area contributed by atoms with Gasteiger partial charge in [0.1, 0.15) is 11.5 Å². The zero-order chi connectivity index (χ0) is 28.6. The predicted octanol–water partition coefficient (Wildman–Crippen LogP) is 3.09. The molecule has 12 nitrogen and oxygen atoms in total. The minimum atomic E-state index is -0.0526. The molecule has 0 spiro atoms. The number of carbonyl (C=O) groups excluding carboxylic acids is 2. The van der Waals surface area contributed by atoms with Gasteiger partial charge in [0.15, 0.2) is 22.1 Å². The molecule has 4 aliphatic heterocycles. The highest BCUT2D eigenvalue weighted by molar-refractivity contribution is 8.00. The van der Waals surface area contributed by atoms with Crippen LogP contribution in [0.5, 0.6) is 11.5 Å². The number of hydrogen-bond acceptors (Lipinski definition) is 9. The molecule has 3 N–H and O–H groups in total. The zero-order valence-electron chi connectivity index (χ0n) is 23.0. The minimum absolute atomic E-state index is 0.0526. The Labute approximate surface area is 252 Å². The molecule has 0 bridgehead atoms. The van der Waals surface area contributed by atoms with E-state index >= 15 is 0 Å². The number of aromatic nitrogens is 4. The molecule has 3 fully saturated rings. The topological polar surface area (TPSA) is 130 Å². The number of H-pyrrole nitrogens is 1. The molecule has 3 saturated heterocycles. The summed E-state index contributed by atoms with van der Waals surface area (Å²) >= 11 is 7.46. The second-order valence-corrected chi connectivity index (χ2v) is 12.5. The van der Waals surface area contributed by atoms with E-state index in [4.69, 9.17) is 26.7 Å². The van der Waals surface area contributed by atoms with Crippen molar-refractivity contribution in [2.75, 3.05) is 43.6 Å². The summed E-state index contributed by atoms with van der Waals surface area (Å²) in [5.74, 6) is 3.99. The quantitative estimate of drug-likeness (QED) is 0.201. The third-order valence-corrected chi connectivity index (χ3v) is 10.1. The van der Waals surface area contributed by atoms with E-state index in [2.05, 4.69) is 25.7 Å². The largest absolute Gasteiger partial charge is 0.454 e. The van der Waals surface area contributed by atoms with Crippen LogP contribution in [0.4, 0.5) is 10.6 Å². The fourth-order valence-electron chi connectivity index (χ4n) is 6.06. The van der Waals surface area contributed by atoms with E-state index in [1.54, 1.807) is 0 Å². The van der Waals surface area contributed by atoms with Crippen molar-refractivity contribution >= 4 is 41.7 Å². The van der Waals surface area contributed by atoms with Crippen LogP contribution in [-0.4, -0.2) is 92.6 Å². The number of nitrogens with zero attached hydrogens (tertiary/aromatic N) is 5. The zero-order valence-corrected chi connectivity index (χ0v) is 24.6. The maximum atomic E-state index is 12.9. The molecule has 3 aromatic rings. The normalized spacial score (nSPS) is 22.7. The first-order valence-corrected chi connectivity index (χ1v) is 15.8. The van der Waals surface area contributed by atoms with Crippen molar-refractivity contribution < 1.29 is 19.1 Å².